The normalized spacial score (nSPS) is 14.6. The Bertz CT molecular complexity index is 1180. The number of nitrogen functional groups attached to an aromatic ring is 1. The number of nitrogens with one attached hydrogen (secondary N) is 2. The lowest BCUT2D eigenvalue weighted by molar-refractivity contribution is 0.0933. The van der Waals surface area contributed by atoms with Crippen molar-refractivity contribution in [3.8, 4) is 5.75 Å². The monoisotopic (exact) mass is 522 g/mol. The van der Waals surface area contributed by atoms with Crippen LogP contribution in [0.4, 0.5) is 5.69 Å². The third-order valence-corrected chi connectivity index (χ3v) is 7.62. The van der Waals surface area contributed by atoms with Gasteiger partial charge >= 0.3 is 0 Å². The Morgan fingerprint density at radius 3 is 2.62 bits per heavy atom. The van der Waals surface area contributed by atoms with Crippen LogP contribution in [0.3, 0.4) is 0 Å². The standard InChI is InChI=1S/C30H39ClN4O2/c1-37-29-19-28(32)27(31)18-26(29)30(36)34-21-22-11-15-35(16-12-22)14-6-2-5-13-33-20-23-9-10-24-7-3-4-8-25(24)17-23/h3-4,7-10,17-19,22,33H,2,5-6,11-16,20-21,32H2,1H3,(H,34,36). The number of hydrogen-bond donors (Lipinski definition) is 3. The number of carbonyl (C=O) groups is 1. The van der Waals surface area contributed by atoms with Gasteiger partial charge in [-0.05, 0) is 86.2 Å². The van der Waals surface area contributed by atoms with Crippen LogP contribution < -0.4 is 21.1 Å². The number of likely N-dealkylation sites (tertiary alicyclic amines) is 1. The van der Waals surface area contributed by atoms with E-state index in [2.05, 4.69) is 58.0 Å². The van der Waals surface area contributed by atoms with Crippen molar-refractivity contribution in [2.24, 2.45) is 5.92 Å². The SMILES string of the molecule is COc1cc(N)c(Cl)cc1C(=O)NCC1CCN(CCCCCNCc2ccc3ccccc3c2)CC1. The van der Waals surface area contributed by atoms with E-state index in [1.54, 1.807) is 12.1 Å². The second kappa shape index (κ2) is 13.7. The fourth-order valence-corrected chi connectivity index (χ4v) is 5.17. The second-order valence-corrected chi connectivity index (χ2v) is 10.4. The van der Waals surface area contributed by atoms with Gasteiger partial charge in [-0.25, -0.2) is 0 Å². The third-order valence-electron chi connectivity index (χ3n) is 7.29. The first kappa shape index (κ1) is 27.2. The first-order valence-corrected chi connectivity index (χ1v) is 13.7. The van der Waals surface area contributed by atoms with Gasteiger partial charge in [-0.2, -0.15) is 0 Å². The summed E-state index contributed by atoms with van der Waals surface area (Å²) in [5, 5.41) is 9.60. The van der Waals surface area contributed by atoms with Crippen LogP contribution in [0.2, 0.25) is 5.02 Å². The molecule has 3 aromatic carbocycles. The minimum absolute atomic E-state index is 0.171. The summed E-state index contributed by atoms with van der Waals surface area (Å²) in [7, 11) is 1.53. The summed E-state index contributed by atoms with van der Waals surface area (Å²) < 4.78 is 5.30. The Morgan fingerprint density at radius 1 is 1.05 bits per heavy atom. The van der Waals surface area contributed by atoms with Gasteiger partial charge in [0, 0.05) is 19.2 Å². The Balaban J connectivity index is 1.06. The molecule has 0 radical (unpaired) electrons. The molecule has 0 unspecified atom stereocenters. The van der Waals surface area contributed by atoms with Crippen molar-refractivity contribution in [2.75, 3.05) is 45.6 Å². The maximum Gasteiger partial charge on any atom is 0.255 e. The molecule has 0 saturated carbocycles. The molecule has 6 nitrogen and oxygen atoms in total. The van der Waals surface area contributed by atoms with E-state index in [1.165, 1.54) is 42.7 Å². The Kier molecular flexibility index (Phi) is 10.1. The summed E-state index contributed by atoms with van der Waals surface area (Å²) in [6.45, 7) is 5.99. The van der Waals surface area contributed by atoms with E-state index >= 15 is 0 Å². The number of benzene rings is 3. The Hall–Kier alpha value is -2.80. The van der Waals surface area contributed by atoms with E-state index in [1.807, 2.05) is 0 Å². The van der Waals surface area contributed by atoms with Gasteiger partial charge in [0.1, 0.15) is 5.75 Å². The molecule has 0 atom stereocenters. The highest BCUT2D eigenvalue weighted by Gasteiger charge is 2.21. The van der Waals surface area contributed by atoms with Crippen molar-refractivity contribution in [1.29, 1.82) is 0 Å². The molecule has 0 spiro atoms. The summed E-state index contributed by atoms with van der Waals surface area (Å²) >= 11 is 6.10. The van der Waals surface area contributed by atoms with Crippen molar-refractivity contribution >= 4 is 34.0 Å². The number of ether oxygens (including phenoxy) is 1. The maximum absolute atomic E-state index is 12.7. The topological polar surface area (TPSA) is 79.6 Å². The first-order valence-electron chi connectivity index (χ1n) is 13.4. The predicted molar refractivity (Wildman–Crippen MR) is 153 cm³/mol. The van der Waals surface area contributed by atoms with Crippen LogP contribution in [0.1, 0.15) is 48.0 Å². The number of methoxy groups -OCH3 is 1. The molecule has 3 aromatic rings. The van der Waals surface area contributed by atoms with Crippen molar-refractivity contribution in [1.82, 2.24) is 15.5 Å². The number of fused-ring (bicyclic) bond motifs is 1. The second-order valence-electron chi connectivity index (χ2n) is 9.99. The van der Waals surface area contributed by atoms with Gasteiger partial charge in [0.05, 0.1) is 23.4 Å². The largest absolute Gasteiger partial charge is 0.496 e. The van der Waals surface area contributed by atoms with E-state index in [4.69, 9.17) is 22.1 Å². The van der Waals surface area contributed by atoms with E-state index < -0.39 is 0 Å². The molecule has 1 amide bonds. The Labute approximate surface area is 225 Å². The molecule has 0 aliphatic carbocycles. The summed E-state index contributed by atoms with van der Waals surface area (Å²) in [4.78, 5) is 15.2. The number of rotatable bonds is 12. The molecule has 37 heavy (non-hydrogen) atoms. The van der Waals surface area contributed by atoms with Crippen LogP contribution in [-0.4, -0.2) is 50.6 Å². The minimum Gasteiger partial charge on any atom is -0.496 e. The lowest BCUT2D eigenvalue weighted by atomic mass is 9.96. The fraction of sp³-hybridized carbons (Fsp3) is 0.433. The molecule has 1 saturated heterocycles. The zero-order valence-corrected chi connectivity index (χ0v) is 22.5. The van der Waals surface area contributed by atoms with Crippen molar-refractivity contribution in [3.05, 3.63) is 70.7 Å². The average Bonchev–Trinajstić information content (AvgIpc) is 2.93. The van der Waals surface area contributed by atoms with Crippen LogP contribution in [-0.2, 0) is 6.54 Å². The van der Waals surface area contributed by atoms with Gasteiger partial charge in [-0.3, -0.25) is 4.79 Å². The Morgan fingerprint density at radius 2 is 1.84 bits per heavy atom. The van der Waals surface area contributed by atoms with Gasteiger partial charge in [-0.15, -0.1) is 0 Å². The average molecular weight is 523 g/mol. The number of halogens is 1. The number of carbonyl (C=O) groups excluding carboxylic acids is 1. The molecular formula is C30H39ClN4O2. The number of amides is 1. The molecule has 0 aromatic heterocycles. The number of nitrogens with zero attached hydrogens (tertiary/aromatic N) is 1. The molecular weight excluding hydrogens is 484 g/mol. The first-order chi connectivity index (χ1) is 18.0. The van der Waals surface area contributed by atoms with Crippen molar-refractivity contribution in [2.45, 2.75) is 38.6 Å². The molecule has 1 aliphatic heterocycles. The lowest BCUT2D eigenvalue weighted by Crippen LogP contribution is -2.39. The van der Waals surface area contributed by atoms with Gasteiger partial charge in [0.25, 0.3) is 5.91 Å². The van der Waals surface area contributed by atoms with Crippen LogP contribution in [0.15, 0.2) is 54.6 Å². The molecule has 4 N–H and O–H groups in total. The number of anilines is 1. The highest BCUT2D eigenvalue weighted by molar-refractivity contribution is 6.33. The number of hydrogen-bond acceptors (Lipinski definition) is 5. The van der Waals surface area contributed by atoms with Crippen molar-refractivity contribution < 1.29 is 9.53 Å². The quantitative estimate of drug-likeness (QED) is 0.216. The van der Waals surface area contributed by atoms with E-state index in [9.17, 15) is 4.79 Å². The molecule has 7 heteroatoms. The number of piperidine rings is 1. The van der Waals surface area contributed by atoms with Crippen LogP contribution >= 0.6 is 11.6 Å². The van der Waals surface area contributed by atoms with E-state index in [0.717, 1.165) is 45.6 Å². The minimum atomic E-state index is -0.171. The summed E-state index contributed by atoms with van der Waals surface area (Å²) in [5.41, 5.74) is 7.99. The van der Waals surface area contributed by atoms with Gasteiger partial charge in [0.2, 0.25) is 0 Å². The van der Waals surface area contributed by atoms with E-state index in [0.29, 0.717) is 34.5 Å². The summed E-state index contributed by atoms with van der Waals surface area (Å²) in [5.74, 6) is 0.767. The van der Waals surface area contributed by atoms with Gasteiger partial charge in [0.15, 0.2) is 0 Å². The van der Waals surface area contributed by atoms with Crippen LogP contribution in [0, 0.1) is 5.92 Å². The molecule has 4 rings (SSSR count). The van der Waals surface area contributed by atoms with Gasteiger partial charge in [-0.1, -0.05) is 54.4 Å². The smallest absolute Gasteiger partial charge is 0.255 e. The molecule has 198 valence electrons. The lowest BCUT2D eigenvalue weighted by Gasteiger charge is -2.32. The fourth-order valence-electron chi connectivity index (χ4n) is 5.01. The van der Waals surface area contributed by atoms with Crippen LogP contribution in [0.25, 0.3) is 10.8 Å². The highest BCUT2D eigenvalue weighted by Crippen LogP contribution is 2.29. The molecule has 1 heterocycles. The summed E-state index contributed by atoms with van der Waals surface area (Å²) in [6.07, 6.45) is 5.89. The zero-order chi connectivity index (χ0) is 26.0. The van der Waals surface area contributed by atoms with E-state index in [-0.39, 0.29) is 5.91 Å². The predicted octanol–water partition coefficient (Wildman–Crippen LogP) is 5.49. The van der Waals surface area contributed by atoms with Gasteiger partial charge < -0.3 is 26.0 Å². The number of nitrogens with two attached hydrogens (primary N) is 1. The maximum atomic E-state index is 12.7. The van der Waals surface area contributed by atoms with Crippen LogP contribution in [0.5, 0.6) is 5.75 Å². The van der Waals surface area contributed by atoms with Crippen molar-refractivity contribution in [3.63, 3.8) is 0 Å². The molecule has 1 fully saturated rings. The molecule has 0 bridgehead atoms. The third kappa shape index (κ3) is 7.84. The summed E-state index contributed by atoms with van der Waals surface area (Å²) in [6, 6.07) is 18.4. The number of unbranched alkanes of at least 4 members (excludes halogenated alkanes) is 2. The zero-order valence-electron chi connectivity index (χ0n) is 21.8. The molecule has 1 aliphatic rings. The highest BCUT2D eigenvalue weighted by atomic mass is 35.5.